The number of pyridine rings is 1. The Morgan fingerprint density at radius 1 is 0.826 bits per heavy atom. The summed E-state index contributed by atoms with van der Waals surface area (Å²) in [6.07, 6.45) is 18.7. The smallest absolute Gasteiger partial charge is 0.0943 e. The van der Waals surface area contributed by atoms with E-state index in [1.165, 1.54) is 76.3 Å². The minimum Gasteiger partial charge on any atom is -0.257 e. The van der Waals surface area contributed by atoms with Gasteiger partial charge in [-0.05, 0) is 27.3 Å². The van der Waals surface area contributed by atoms with Crippen LogP contribution in [0.3, 0.4) is 0 Å². The molecule has 0 fully saturated rings. The molecule has 1 rings (SSSR count). The summed E-state index contributed by atoms with van der Waals surface area (Å²) in [4.78, 5) is 4.10. The van der Waals surface area contributed by atoms with Crippen LogP contribution in [0.5, 0.6) is 0 Å². The second-order valence-electron chi connectivity index (χ2n) is 6.57. The number of unbranched alkanes of at least 4 members (excludes halogenated alkanes) is 5. The first-order valence-corrected chi connectivity index (χ1v) is 11.0. The SMILES string of the molecule is CCCCCC(CCCC)CCCCC.[PH3+]Cc1ccccn1. The van der Waals surface area contributed by atoms with E-state index >= 15 is 0 Å². The highest BCUT2D eigenvalue weighted by Crippen LogP contribution is 2.22. The molecular formula is C21H41NP+. The maximum Gasteiger partial charge on any atom is 0.0943 e. The van der Waals surface area contributed by atoms with Crippen molar-refractivity contribution in [2.24, 2.45) is 5.92 Å². The van der Waals surface area contributed by atoms with Crippen LogP contribution in [0.4, 0.5) is 0 Å². The van der Waals surface area contributed by atoms with Crippen molar-refractivity contribution in [2.45, 2.75) is 97.6 Å². The topological polar surface area (TPSA) is 12.9 Å². The van der Waals surface area contributed by atoms with Crippen LogP contribution in [0, 0.1) is 5.92 Å². The molecule has 1 nitrogen and oxygen atoms in total. The largest absolute Gasteiger partial charge is 0.257 e. The van der Waals surface area contributed by atoms with Crippen LogP contribution in [0.2, 0.25) is 0 Å². The first kappa shape index (κ1) is 22.6. The third-order valence-corrected chi connectivity index (χ3v) is 4.89. The Kier molecular flexibility index (Phi) is 17.6. The van der Waals surface area contributed by atoms with Gasteiger partial charge in [-0.15, -0.1) is 0 Å². The van der Waals surface area contributed by atoms with Crippen molar-refractivity contribution < 1.29 is 0 Å². The summed E-state index contributed by atoms with van der Waals surface area (Å²) in [5, 5.41) is 0. The molecule has 1 atom stereocenters. The summed E-state index contributed by atoms with van der Waals surface area (Å²) in [6.45, 7) is 6.92. The molecule has 1 aromatic heterocycles. The van der Waals surface area contributed by atoms with Gasteiger partial charge in [-0.3, -0.25) is 4.98 Å². The Balaban J connectivity index is 0.000000502. The lowest BCUT2D eigenvalue weighted by atomic mass is 9.90. The highest BCUT2D eigenvalue weighted by atomic mass is 31.0. The van der Waals surface area contributed by atoms with Gasteiger partial charge in [0, 0.05) is 6.20 Å². The molecule has 23 heavy (non-hydrogen) atoms. The normalized spacial score (nSPS) is 10.6. The van der Waals surface area contributed by atoms with Crippen molar-refractivity contribution in [1.82, 2.24) is 4.98 Å². The van der Waals surface area contributed by atoms with Crippen LogP contribution in [0.1, 0.15) is 97.1 Å². The maximum absolute atomic E-state index is 4.10. The fourth-order valence-corrected chi connectivity index (χ4v) is 3.13. The van der Waals surface area contributed by atoms with Crippen molar-refractivity contribution in [3.63, 3.8) is 0 Å². The van der Waals surface area contributed by atoms with Crippen LogP contribution in [-0.2, 0) is 6.16 Å². The predicted molar refractivity (Wildman–Crippen MR) is 110 cm³/mol. The van der Waals surface area contributed by atoms with Gasteiger partial charge >= 0.3 is 0 Å². The van der Waals surface area contributed by atoms with Gasteiger partial charge in [0.15, 0.2) is 0 Å². The molecule has 0 amide bonds. The number of rotatable bonds is 12. The van der Waals surface area contributed by atoms with Crippen LogP contribution in [0.25, 0.3) is 0 Å². The molecule has 134 valence electrons. The monoisotopic (exact) mass is 338 g/mol. The lowest BCUT2D eigenvalue weighted by Gasteiger charge is -2.16. The third-order valence-electron chi connectivity index (χ3n) is 4.38. The van der Waals surface area contributed by atoms with E-state index in [0.29, 0.717) is 0 Å². The zero-order valence-electron chi connectivity index (χ0n) is 16.0. The van der Waals surface area contributed by atoms with Crippen molar-refractivity contribution in [3.8, 4) is 0 Å². The quantitative estimate of drug-likeness (QED) is 0.291. The lowest BCUT2D eigenvalue weighted by Crippen LogP contribution is -2.01. The van der Waals surface area contributed by atoms with E-state index in [4.69, 9.17) is 0 Å². The molecule has 0 N–H and O–H groups in total. The molecule has 2 heteroatoms. The molecule has 0 spiro atoms. The molecule has 0 aliphatic rings. The van der Waals surface area contributed by atoms with Gasteiger partial charge in [-0.2, -0.15) is 0 Å². The minimum atomic E-state index is 1.04. The van der Waals surface area contributed by atoms with Crippen LogP contribution >= 0.6 is 9.24 Å². The van der Waals surface area contributed by atoms with Gasteiger partial charge in [-0.25, -0.2) is 0 Å². The van der Waals surface area contributed by atoms with E-state index in [2.05, 4.69) is 25.8 Å². The minimum absolute atomic E-state index is 1.04. The average molecular weight is 339 g/mol. The molecule has 0 bridgehead atoms. The van der Waals surface area contributed by atoms with Crippen molar-refractivity contribution in [3.05, 3.63) is 30.1 Å². The summed E-state index contributed by atoms with van der Waals surface area (Å²) in [6, 6.07) is 5.98. The second-order valence-corrected chi connectivity index (χ2v) is 7.07. The number of hydrogen-bond acceptors (Lipinski definition) is 1. The molecule has 0 saturated carbocycles. The summed E-state index contributed by atoms with van der Waals surface area (Å²) in [5.41, 5.74) is 1.17. The average Bonchev–Trinajstić information content (AvgIpc) is 2.61. The van der Waals surface area contributed by atoms with Gasteiger partial charge in [0.1, 0.15) is 0 Å². The first-order chi connectivity index (χ1) is 11.3. The summed E-state index contributed by atoms with van der Waals surface area (Å²) < 4.78 is 0. The number of nitrogens with zero attached hydrogens (tertiary/aromatic N) is 1. The van der Waals surface area contributed by atoms with E-state index in [9.17, 15) is 0 Å². The summed E-state index contributed by atoms with van der Waals surface area (Å²) in [7, 11) is 1.92. The molecule has 0 aliphatic heterocycles. The standard InChI is InChI=1S/C15H32.C6H8NP/c1-4-7-10-13-15(12-9-6-3)14-11-8-5-2;8-5-6-3-1-2-4-7-6/h15H,4-14H2,1-3H3;1-4H,5,8H2/p+1. The van der Waals surface area contributed by atoms with E-state index in [-0.39, 0.29) is 0 Å². The van der Waals surface area contributed by atoms with Gasteiger partial charge in [0.25, 0.3) is 0 Å². The fourth-order valence-electron chi connectivity index (χ4n) is 2.84. The van der Waals surface area contributed by atoms with Crippen LogP contribution in [0.15, 0.2) is 24.4 Å². The van der Waals surface area contributed by atoms with Crippen LogP contribution in [-0.4, -0.2) is 4.98 Å². The molecule has 0 saturated heterocycles. The third kappa shape index (κ3) is 14.9. The zero-order valence-corrected chi connectivity index (χ0v) is 17.4. The Labute approximate surface area is 148 Å². The molecule has 0 aromatic carbocycles. The number of aromatic nitrogens is 1. The van der Waals surface area contributed by atoms with Gasteiger partial charge in [0.2, 0.25) is 0 Å². The molecular weight excluding hydrogens is 297 g/mol. The molecule has 1 aromatic rings. The zero-order chi connectivity index (χ0) is 17.2. The Hall–Kier alpha value is -0.420. The van der Waals surface area contributed by atoms with Crippen LogP contribution < -0.4 is 0 Å². The Morgan fingerprint density at radius 2 is 1.39 bits per heavy atom. The summed E-state index contributed by atoms with van der Waals surface area (Å²) >= 11 is 0. The first-order valence-electron chi connectivity index (χ1n) is 9.97. The molecule has 0 aliphatic carbocycles. The second kappa shape index (κ2) is 17.9. The van der Waals surface area contributed by atoms with Gasteiger partial charge in [0.05, 0.1) is 11.9 Å². The van der Waals surface area contributed by atoms with Gasteiger partial charge in [-0.1, -0.05) is 97.5 Å². The van der Waals surface area contributed by atoms with E-state index in [1.54, 1.807) is 0 Å². The Bertz CT molecular complexity index is 316. The van der Waals surface area contributed by atoms with Gasteiger partial charge < -0.3 is 0 Å². The van der Waals surface area contributed by atoms with E-state index in [0.717, 1.165) is 12.1 Å². The number of hydrogen-bond donors (Lipinski definition) is 0. The molecule has 1 unspecified atom stereocenters. The van der Waals surface area contributed by atoms with Crippen molar-refractivity contribution in [2.75, 3.05) is 0 Å². The fraction of sp³-hybridized carbons (Fsp3) is 0.762. The van der Waals surface area contributed by atoms with E-state index < -0.39 is 0 Å². The van der Waals surface area contributed by atoms with E-state index in [1.807, 2.05) is 33.6 Å². The Morgan fingerprint density at radius 3 is 1.78 bits per heavy atom. The van der Waals surface area contributed by atoms with Crippen molar-refractivity contribution >= 4 is 9.24 Å². The molecule has 1 heterocycles. The highest BCUT2D eigenvalue weighted by molar-refractivity contribution is 7.15. The van der Waals surface area contributed by atoms with Crippen molar-refractivity contribution in [1.29, 1.82) is 0 Å². The lowest BCUT2D eigenvalue weighted by molar-refractivity contribution is 0.376. The highest BCUT2D eigenvalue weighted by Gasteiger charge is 2.07. The molecule has 0 radical (unpaired) electrons. The summed E-state index contributed by atoms with van der Waals surface area (Å²) in [5.74, 6) is 1.04. The maximum atomic E-state index is 4.10. The predicted octanol–water partition coefficient (Wildman–Crippen LogP) is 7.14.